The molecule has 156 valence electrons. The lowest BCUT2D eigenvalue weighted by Crippen LogP contribution is -2.49. The van der Waals surface area contributed by atoms with E-state index in [1.807, 2.05) is 38.1 Å². The second-order valence-corrected chi connectivity index (χ2v) is 9.19. The minimum Gasteiger partial charge on any atom is -0.455 e. The third kappa shape index (κ3) is 5.13. The van der Waals surface area contributed by atoms with Crippen LogP contribution in [0.15, 0.2) is 47.4 Å². The number of ether oxygens (including phenoxy) is 1. The molecule has 1 saturated heterocycles. The number of likely N-dealkylation sites (tertiary alicyclic amines) is 1. The third-order valence-corrected chi connectivity index (χ3v) is 6.67. The van der Waals surface area contributed by atoms with Crippen molar-refractivity contribution in [2.75, 3.05) is 13.2 Å². The number of hydrogen-bond acceptors (Lipinski definition) is 5. The number of esters is 1. The average Bonchev–Trinajstić information content (AvgIpc) is 2.70. The van der Waals surface area contributed by atoms with Gasteiger partial charge in [0.2, 0.25) is 10.0 Å². The van der Waals surface area contributed by atoms with Crippen molar-refractivity contribution in [3.8, 4) is 0 Å². The van der Waals surface area contributed by atoms with Crippen molar-refractivity contribution in [2.24, 2.45) is 0 Å². The number of sulfonamides is 1. The first kappa shape index (κ1) is 21.3. The minimum absolute atomic E-state index is 0.0658. The van der Waals surface area contributed by atoms with E-state index in [2.05, 4.69) is 4.72 Å². The van der Waals surface area contributed by atoms with Crippen LogP contribution in [-0.2, 0) is 24.3 Å². The number of amides is 1. The molecule has 2 atom stereocenters. The van der Waals surface area contributed by atoms with Crippen molar-refractivity contribution < 1.29 is 22.7 Å². The Balaban J connectivity index is 1.54. The normalized spacial score (nSPS) is 19.9. The lowest BCUT2D eigenvalue weighted by molar-refractivity contribution is -0.154. The molecule has 1 fully saturated rings. The number of piperidine rings is 1. The Labute approximate surface area is 171 Å². The smallest absolute Gasteiger partial charge is 0.321 e. The summed E-state index contributed by atoms with van der Waals surface area (Å²) in [6.45, 7) is 3.04. The molecule has 7 nitrogen and oxygen atoms in total. The zero-order chi connectivity index (χ0) is 21.0. The molecular weight excluding hydrogens is 392 g/mol. The van der Waals surface area contributed by atoms with E-state index in [0.29, 0.717) is 0 Å². The third-order valence-electron chi connectivity index (χ3n) is 5.28. The van der Waals surface area contributed by atoms with Crippen LogP contribution in [0.25, 0.3) is 10.8 Å². The highest BCUT2D eigenvalue weighted by Crippen LogP contribution is 2.22. The summed E-state index contributed by atoms with van der Waals surface area (Å²) in [7, 11) is -3.87. The Kier molecular flexibility index (Phi) is 6.54. The molecule has 0 aromatic heterocycles. The van der Waals surface area contributed by atoms with E-state index >= 15 is 0 Å². The highest BCUT2D eigenvalue weighted by molar-refractivity contribution is 7.89. The van der Waals surface area contributed by atoms with Crippen LogP contribution >= 0.6 is 0 Å². The van der Waals surface area contributed by atoms with E-state index in [4.69, 9.17) is 4.74 Å². The Bertz CT molecular complexity index is 995. The minimum atomic E-state index is -3.87. The van der Waals surface area contributed by atoms with E-state index in [0.717, 1.165) is 30.0 Å². The summed E-state index contributed by atoms with van der Waals surface area (Å²) >= 11 is 0. The van der Waals surface area contributed by atoms with Crippen molar-refractivity contribution in [3.63, 3.8) is 0 Å². The van der Waals surface area contributed by atoms with Gasteiger partial charge in [-0.3, -0.25) is 9.59 Å². The molecule has 1 amide bonds. The van der Waals surface area contributed by atoms with Crippen molar-refractivity contribution in [1.29, 1.82) is 0 Å². The number of carbonyl (C=O) groups is 2. The van der Waals surface area contributed by atoms with Crippen molar-refractivity contribution in [2.45, 2.75) is 50.1 Å². The van der Waals surface area contributed by atoms with Crippen molar-refractivity contribution in [1.82, 2.24) is 9.62 Å². The lowest BCUT2D eigenvalue weighted by Gasteiger charge is -2.38. The van der Waals surface area contributed by atoms with Crippen LogP contribution in [-0.4, -0.2) is 50.4 Å². The molecule has 0 spiro atoms. The zero-order valence-corrected chi connectivity index (χ0v) is 17.4. The summed E-state index contributed by atoms with van der Waals surface area (Å²) in [5.41, 5.74) is 0. The molecule has 0 saturated carbocycles. The van der Waals surface area contributed by atoms with Gasteiger partial charge in [0.15, 0.2) is 6.61 Å². The van der Waals surface area contributed by atoms with Gasteiger partial charge in [-0.15, -0.1) is 0 Å². The fourth-order valence-corrected chi connectivity index (χ4v) is 4.76. The Morgan fingerprint density at radius 3 is 2.41 bits per heavy atom. The number of rotatable bonds is 6. The second-order valence-electron chi connectivity index (χ2n) is 7.42. The topological polar surface area (TPSA) is 92.8 Å². The van der Waals surface area contributed by atoms with Gasteiger partial charge in [-0.2, -0.15) is 4.72 Å². The number of fused-ring (bicyclic) bond motifs is 1. The van der Waals surface area contributed by atoms with Crippen LogP contribution in [0.1, 0.15) is 33.1 Å². The monoisotopic (exact) mass is 418 g/mol. The van der Waals surface area contributed by atoms with Gasteiger partial charge in [-0.05, 0) is 56.0 Å². The van der Waals surface area contributed by atoms with E-state index in [1.54, 1.807) is 17.0 Å². The second kappa shape index (κ2) is 8.92. The fraction of sp³-hybridized carbons (Fsp3) is 0.429. The Morgan fingerprint density at radius 2 is 1.72 bits per heavy atom. The highest BCUT2D eigenvalue weighted by atomic mass is 32.2. The van der Waals surface area contributed by atoms with E-state index in [1.165, 1.54) is 6.07 Å². The van der Waals surface area contributed by atoms with Crippen molar-refractivity contribution >= 4 is 32.7 Å². The predicted octanol–water partition coefficient (Wildman–Crippen LogP) is 2.45. The van der Waals surface area contributed by atoms with Gasteiger partial charge < -0.3 is 9.64 Å². The Morgan fingerprint density at radius 1 is 1.07 bits per heavy atom. The van der Waals surface area contributed by atoms with E-state index in [-0.39, 0.29) is 29.5 Å². The molecule has 3 rings (SSSR count). The molecule has 8 heteroatoms. The molecule has 0 aliphatic carbocycles. The SMILES string of the molecule is CC1CCCC(C)N1C(=O)COC(=O)CNS(=O)(=O)c1ccc2ccccc2c1. The molecule has 2 unspecified atom stereocenters. The first-order chi connectivity index (χ1) is 13.8. The van der Waals surface area contributed by atoms with Gasteiger partial charge in [0.1, 0.15) is 6.54 Å². The summed E-state index contributed by atoms with van der Waals surface area (Å²) in [6.07, 6.45) is 2.92. The van der Waals surface area contributed by atoms with Crippen LogP contribution in [0.4, 0.5) is 0 Å². The van der Waals surface area contributed by atoms with Gasteiger partial charge in [-0.25, -0.2) is 8.42 Å². The quantitative estimate of drug-likeness (QED) is 0.728. The first-order valence-corrected chi connectivity index (χ1v) is 11.2. The van der Waals surface area contributed by atoms with Crippen molar-refractivity contribution in [3.05, 3.63) is 42.5 Å². The molecule has 2 aromatic carbocycles. The molecule has 0 bridgehead atoms. The van der Waals surface area contributed by atoms with Crippen LogP contribution < -0.4 is 4.72 Å². The lowest BCUT2D eigenvalue weighted by atomic mass is 9.97. The molecular formula is C21H26N2O5S. The number of nitrogens with zero attached hydrogens (tertiary/aromatic N) is 1. The maximum Gasteiger partial charge on any atom is 0.321 e. The summed E-state index contributed by atoms with van der Waals surface area (Å²) in [4.78, 5) is 26.2. The van der Waals surface area contributed by atoms with Gasteiger partial charge in [0, 0.05) is 12.1 Å². The van der Waals surface area contributed by atoms with Crippen LogP contribution in [0.5, 0.6) is 0 Å². The van der Waals surface area contributed by atoms with Gasteiger partial charge >= 0.3 is 5.97 Å². The number of benzene rings is 2. The van der Waals surface area contributed by atoms with Crippen LogP contribution in [0.2, 0.25) is 0 Å². The maximum absolute atomic E-state index is 12.5. The highest BCUT2D eigenvalue weighted by Gasteiger charge is 2.29. The fourth-order valence-electron chi connectivity index (χ4n) is 3.75. The van der Waals surface area contributed by atoms with E-state index < -0.39 is 22.5 Å². The number of carbonyl (C=O) groups excluding carboxylic acids is 2. The molecule has 1 aliphatic rings. The molecule has 29 heavy (non-hydrogen) atoms. The summed E-state index contributed by atoms with van der Waals surface area (Å²) in [6, 6.07) is 12.4. The maximum atomic E-state index is 12.5. The van der Waals surface area contributed by atoms with E-state index in [9.17, 15) is 18.0 Å². The van der Waals surface area contributed by atoms with Gasteiger partial charge in [0.05, 0.1) is 4.90 Å². The van der Waals surface area contributed by atoms with Gasteiger partial charge in [-0.1, -0.05) is 30.3 Å². The summed E-state index contributed by atoms with van der Waals surface area (Å²) in [5, 5.41) is 1.71. The number of nitrogens with one attached hydrogen (secondary N) is 1. The Hall–Kier alpha value is -2.45. The van der Waals surface area contributed by atoms with Crippen LogP contribution in [0.3, 0.4) is 0 Å². The predicted molar refractivity (Wildman–Crippen MR) is 110 cm³/mol. The standard InChI is InChI=1S/C21H26N2O5S/c1-15-6-5-7-16(2)23(15)20(24)14-28-21(25)13-22-29(26,27)19-11-10-17-8-3-4-9-18(17)12-19/h3-4,8-12,15-16,22H,5-7,13-14H2,1-2H3. The molecule has 1 aliphatic heterocycles. The summed E-state index contributed by atoms with van der Waals surface area (Å²) < 4.78 is 32.1. The first-order valence-electron chi connectivity index (χ1n) is 9.73. The van der Waals surface area contributed by atoms with Crippen LogP contribution in [0, 0.1) is 0 Å². The average molecular weight is 419 g/mol. The zero-order valence-electron chi connectivity index (χ0n) is 16.6. The largest absolute Gasteiger partial charge is 0.455 e. The van der Waals surface area contributed by atoms with Gasteiger partial charge in [0.25, 0.3) is 5.91 Å². The molecule has 1 heterocycles. The molecule has 1 N–H and O–H groups in total. The molecule has 2 aromatic rings. The molecule has 0 radical (unpaired) electrons. The summed E-state index contributed by atoms with van der Waals surface area (Å²) in [5.74, 6) is -1.05. The number of hydrogen-bond donors (Lipinski definition) is 1.